The minimum atomic E-state index is 0.245. The maximum Gasteiger partial charge on any atom is 0.226 e. The maximum absolute atomic E-state index is 12.4. The number of nitrogens with zero attached hydrogens (tertiary/aromatic N) is 2. The summed E-state index contributed by atoms with van der Waals surface area (Å²) >= 11 is 0. The Hall–Kier alpha value is -1.84. The van der Waals surface area contributed by atoms with Gasteiger partial charge in [0.1, 0.15) is 5.82 Å². The number of aromatic amines is 1. The number of carbonyl (C=O) groups excluding carboxylic acids is 1. The van der Waals surface area contributed by atoms with Crippen LogP contribution in [0.15, 0.2) is 18.2 Å². The molecular formula is C18H25N3O. The largest absolute Gasteiger partial charge is 0.342 e. The van der Waals surface area contributed by atoms with Crippen molar-refractivity contribution in [2.24, 2.45) is 5.92 Å². The number of rotatable bonds is 3. The molecule has 0 radical (unpaired) electrons. The molecule has 0 spiro atoms. The first kappa shape index (κ1) is 15.1. The molecule has 1 amide bonds. The molecule has 0 aliphatic carbocycles. The van der Waals surface area contributed by atoms with Gasteiger partial charge in [0, 0.05) is 19.0 Å². The molecule has 22 heavy (non-hydrogen) atoms. The van der Waals surface area contributed by atoms with E-state index in [1.54, 1.807) is 0 Å². The second kappa shape index (κ2) is 6.11. The molecule has 1 fully saturated rings. The highest BCUT2D eigenvalue weighted by Gasteiger charge is 2.20. The standard InChI is InChI=1S/C18H25N3O/c1-12(2)18-19-15-5-4-14(10-16(15)20-18)11-17(22)21-8-6-13(3)7-9-21/h4-5,10,12-13H,6-9,11H2,1-3H3,(H,19,20). The predicted octanol–water partition coefficient (Wildman–Crippen LogP) is 3.49. The van der Waals surface area contributed by atoms with Crippen LogP contribution in [-0.4, -0.2) is 33.9 Å². The molecule has 1 saturated heterocycles. The van der Waals surface area contributed by atoms with E-state index in [0.29, 0.717) is 12.3 Å². The summed E-state index contributed by atoms with van der Waals surface area (Å²) in [5, 5.41) is 0. The fraction of sp³-hybridized carbons (Fsp3) is 0.556. The monoisotopic (exact) mass is 299 g/mol. The highest BCUT2D eigenvalue weighted by atomic mass is 16.2. The van der Waals surface area contributed by atoms with E-state index in [1.807, 2.05) is 17.0 Å². The number of nitrogens with one attached hydrogen (secondary N) is 1. The van der Waals surface area contributed by atoms with Crippen LogP contribution < -0.4 is 0 Å². The van der Waals surface area contributed by atoms with Crippen LogP contribution in [0.25, 0.3) is 11.0 Å². The zero-order valence-electron chi connectivity index (χ0n) is 13.7. The van der Waals surface area contributed by atoms with Gasteiger partial charge in [-0.05, 0) is 36.5 Å². The quantitative estimate of drug-likeness (QED) is 0.943. The molecule has 0 bridgehead atoms. The van der Waals surface area contributed by atoms with Crippen molar-refractivity contribution in [1.82, 2.24) is 14.9 Å². The number of imidazole rings is 1. The van der Waals surface area contributed by atoms with Crippen LogP contribution in [0.4, 0.5) is 0 Å². The third kappa shape index (κ3) is 3.16. The average molecular weight is 299 g/mol. The molecule has 3 rings (SSSR count). The van der Waals surface area contributed by atoms with Crippen LogP contribution >= 0.6 is 0 Å². The van der Waals surface area contributed by atoms with Gasteiger partial charge in [-0.3, -0.25) is 4.79 Å². The number of likely N-dealkylation sites (tertiary alicyclic amines) is 1. The SMILES string of the molecule is CC1CCN(C(=O)Cc2ccc3nc(C(C)C)[nH]c3c2)CC1. The van der Waals surface area contributed by atoms with E-state index >= 15 is 0 Å². The Labute approximate surface area is 131 Å². The van der Waals surface area contributed by atoms with Crippen molar-refractivity contribution in [3.05, 3.63) is 29.6 Å². The normalized spacial score (nSPS) is 16.6. The van der Waals surface area contributed by atoms with Gasteiger partial charge in [-0.25, -0.2) is 4.98 Å². The number of aromatic nitrogens is 2. The van der Waals surface area contributed by atoms with Crippen molar-refractivity contribution >= 4 is 16.9 Å². The van der Waals surface area contributed by atoms with Gasteiger partial charge in [-0.2, -0.15) is 0 Å². The highest BCUT2D eigenvalue weighted by molar-refractivity contribution is 5.82. The first-order valence-electron chi connectivity index (χ1n) is 8.29. The Morgan fingerprint density at radius 2 is 2.09 bits per heavy atom. The second-order valence-electron chi connectivity index (χ2n) is 6.87. The lowest BCUT2D eigenvalue weighted by molar-refractivity contribution is -0.131. The Balaban J connectivity index is 1.72. The minimum Gasteiger partial charge on any atom is -0.342 e. The molecule has 0 unspecified atom stereocenters. The van der Waals surface area contributed by atoms with Crippen molar-refractivity contribution in [1.29, 1.82) is 0 Å². The van der Waals surface area contributed by atoms with E-state index in [2.05, 4.69) is 36.8 Å². The van der Waals surface area contributed by atoms with Crippen molar-refractivity contribution in [3.8, 4) is 0 Å². The van der Waals surface area contributed by atoms with E-state index < -0.39 is 0 Å². The zero-order chi connectivity index (χ0) is 15.7. The summed E-state index contributed by atoms with van der Waals surface area (Å²) in [5.41, 5.74) is 3.07. The van der Waals surface area contributed by atoms with E-state index in [1.165, 1.54) is 0 Å². The van der Waals surface area contributed by atoms with Gasteiger partial charge in [-0.15, -0.1) is 0 Å². The third-order valence-corrected chi connectivity index (χ3v) is 4.60. The van der Waals surface area contributed by atoms with Crippen molar-refractivity contribution in [2.75, 3.05) is 13.1 Å². The van der Waals surface area contributed by atoms with Gasteiger partial charge in [0.25, 0.3) is 0 Å². The van der Waals surface area contributed by atoms with Gasteiger partial charge < -0.3 is 9.88 Å². The smallest absolute Gasteiger partial charge is 0.226 e. The number of hydrogen-bond donors (Lipinski definition) is 1. The number of amides is 1. The van der Waals surface area contributed by atoms with Gasteiger partial charge in [0.2, 0.25) is 5.91 Å². The number of benzene rings is 1. The first-order valence-corrected chi connectivity index (χ1v) is 8.29. The molecular weight excluding hydrogens is 274 g/mol. The molecule has 1 aromatic heterocycles. The topological polar surface area (TPSA) is 49.0 Å². The van der Waals surface area contributed by atoms with Crippen molar-refractivity contribution in [2.45, 2.75) is 46.0 Å². The fourth-order valence-corrected chi connectivity index (χ4v) is 3.00. The Bertz CT molecular complexity index is 666. The van der Waals surface area contributed by atoms with Gasteiger partial charge in [0.15, 0.2) is 0 Å². The molecule has 4 heteroatoms. The summed E-state index contributed by atoms with van der Waals surface area (Å²) in [5.74, 6) is 2.38. The molecule has 118 valence electrons. The molecule has 1 aliphatic heterocycles. The summed E-state index contributed by atoms with van der Waals surface area (Å²) in [7, 11) is 0. The molecule has 2 aromatic rings. The zero-order valence-corrected chi connectivity index (χ0v) is 13.7. The predicted molar refractivity (Wildman–Crippen MR) is 88.9 cm³/mol. The number of piperidine rings is 1. The Morgan fingerprint density at radius 3 is 2.77 bits per heavy atom. The van der Waals surface area contributed by atoms with E-state index in [4.69, 9.17) is 0 Å². The van der Waals surface area contributed by atoms with Crippen LogP contribution in [0.2, 0.25) is 0 Å². The minimum absolute atomic E-state index is 0.245. The van der Waals surface area contributed by atoms with Gasteiger partial charge in [0.05, 0.1) is 17.5 Å². The van der Waals surface area contributed by atoms with E-state index in [9.17, 15) is 4.79 Å². The second-order valence-corrected chi connectivity index (χ2v) is 6.87. The lowest BCUT2D eigenvalue weighted by Crippen LogP contribution is -2.38. The van der Waals surface area contributed by atoms with Crippen LogP contribution in [0.1, 0.15) is 50.9 Å². The number of fused-ring (bicyclic) bond motifs is 1. The van der Waals surface area contributed by atoms with Gasteiger partial charge >= 0.3 is 0 Å². The molecule has 1 aromatic carbocycles. The number of carbonyl (C=O) groups is 1. The molecule has 2 heterocycles. The summed E-state index contributed by atoms with van der Waals surface area (Å²) in [6.45, 7) is 8.33. The van der Waals surface area contributed by atoms with Crippen molar-refractivity contribution in [3.63, 3.8) is 0 Å². The average Bonchev–Trinajstić information content (AvgIpc) is 2.91. The maximum atomic E-state index is 12.4. The van der Waals surface area contributed by atoms with Gasteiger partial charge in [-0.1, -0.05) is 26.8 Å². The lowest BCUT2D eigenvalue weighted by Gasteiger charge is -2.30. The van der Waals surface area contributed by atoms with Crippen LogP contribution in [0, 0.1) is 5.92 Å². The fourth-order valence-electron chi connectivity index (χ4n) is 3.00. The summed E-state index contributed by atoms with van der Waals surface area (Å²) in [6.07, 6.45) is 2.74. The summed E-state index contributed by atoms with van der Waals surface area (Å²) in [6, 6.07) is 6.11. The van der Waals surface area contributed by atoms with Crippen molar-refractivity contribution < 1.29 is 4.79 Å². The molecule has 0 atom stereocenters. The van der Waals surface area contributed by atoms with Crippen LogP contribution in [0.5, 0.6) is 0 Å². The first-order chi connectivity index (χ1) is 10.5. The molecule has 4 nitrogen and oxygen atoms in total. The Kier molecular flexibility index (Phi) is 4.19. The molecule has 0 saturated carbocycles. The van der Waals surface area contributed by atoms with E-state index in [0.717, 1.165) is 54.3 Å². The summed E-state index contributed by atoms with van der Waals surface area (Å²) in [4.78, 5) is 22.4. The van der Waals surface area contributed by atoms with Crippen LogP contribution in [0.3, 0.4) is 0 Å². The molecule has 1 aliphatic rings. The van der Waals surface area contributed by atoms with Crippen LogP contribution in [-0.2, 0) is 11.2 Å². The highest BCUT2D eigenvalue weighted by Crippen LogP contribution is 2.20. The van der Waals surface area contributed by atoms with E-state index in [-0.39, 0.29) is 5.91 Å². The molecule has 1 N–H and O–H groups in total. The third-order valence-electron chi connectivity index (χ3n) is 4.60. The lowest BCUT2D eigenvalue weighted by atomic mass is 9.98. The number of H-pyrrole nitrogens is 1. The Morgan fingerprint density at radius 1 is 1.36 bits per heavy atom. The summed E-state index contributed by atoms with van der Waals surface area (Å²) < 4.78 is 0. The number of hydrogen-bond acceptors (Lipinski definition) is 2.